The second-order valence-corrected chi connectivity index (χ2v) is 3.14. The fourth-order valence-electron chi connectivity index (χ4n) is 1.55. The Morgan fingerprint density at radius 2 is 2.07 bits per heavy atom. The maximum absolute atomic E-state index is 5.24. The number of hydrogen-bond acceptors (Lipinski definition) is 3. The van der Waals surface area contributed by atoms with E-state index in [9.17, 15) is 0 Å². The Kier molecular flexibility index (Phi) is 2.81. The lowest BCUT2D eigenvalue weighted by molar-refractivity contribution is -0.167. The second-order valence-electron chi connectivity index (χ2n) is 3.14. The first-order valence-corrected chi connectivity index (χ1v) is 4.57. The van der Waals surface area contributed by atoms with Gasteiger partial charge >= 0.3 is 0 Å². The summed E-state index contributed by atoms with van der Waals surface area (Å²) in [7, 11) is 1.64. The Labute approximate surface area is 83.3 Å². The highest BCUT2D eigenvalue weighted by atomic mass is 16.8. The molecule has 1 aliphatic rings. The van der Waals surface area contributed by atoms with Crippen molar-refractivity contribution in [1.29, 1.82) is 0 Å². The van der Waals surface area contributed by atoms with Gasteiger partial charge in [0.05, 0.1) is 5.92 Å². The van der Waals surface area contributed by atoms with Gasteiger partial charge in [-0.1, -0.05) is 36.4 Å². The van der Waals surface area contributed by atoms with Gasteiger partial charge in [-0.2, -0.15) is 0 Å². The Morgan fingerprint density at radius 3 is 2.79 bits per heavy atom. The molecule has 0 radical (unpaired) electrons. The molecule has 0 saturated carbocycles. The van der Waals surface area contributed by atoms with Crippen LogP contribution in [-0.2, 0) is 9.57 Å². The summed E-state index contributed by atoms with van der Waals surface area (Å²) in [6.07, 6.45) is 3.56. The quantitative estimate of drug-likeness (QED) is 0.773. The van der Waals surface area contributed by atoms with Crippen molar-refractivity contribution in [2.75, 3.05) is 7.11 Å². The summed E-state index contributed by atoms with van der Waals surface area (Å²) in [5, 5.41) is 0. The molecule has 1 heterocycles. The molecule has 0 fully saturated rings. The zero-order valence-electron chi connectivity index (χ0n) is 8.01. The maximum atomic E-state index is 5.24. The topological polar surface area (TPSA) is 30.5 Å². The molecular weight excluding hydrogens is 178 g/mol. The van der Waals surface area contributed by atoms with Crippen LogP contribution in [0.2, 0.25) is 0 Å². The molecule has 1 aromatic rings. The minimum absolute atomic E-state index is 0.155. The molecule has 0 aromatic heterocycles. The predicted molar refractivity (Wildman–Crippen MR) is 53.3 cm³/mol. The first-order chi connectivity index (χ1) is 6.92. The first kappa shape index (κ1) is 9.24. The third-order valence-corrected chi connectivity index (χ3v) is 2.27. The summed E-state index contributed by atoms with van der Waals surface area (Å²) >= 11 is 0. The van der Waals surface area contributed by atoms with Crippen LogP contribution in [0.5, 0.6) is 0 Å². The van der Waals surface area contributed by atoms with Gasteiger partial charge in [0.1, 0.15) is 0 Å². The highest BCUT2D eigenvalue weighted by Crippen LogP contribution is 2.25. The van der Waals surface area contributed by atoms with Gasteiger partial charge < -0.3 is 4.74 Å². The lowest BCUT2D eigenvalue weighted by Gasteiger charge is -2.26. The van der Waals surface area contributed by atoms with Crippen LogP contribution < -0.4 is 5.48 Å². The number of methoxy groups -OCH3 is 1. The fourth-order valence-corrected chi connectivity index (χ4v) is 1.55. The summed E-state index contributed by atoms with van der Waals surface area (Å²) < 4.78 is 5.22. The lowest BCUT2D eigenvalue weighted by Crippen LogP contribution is -2.31. The fraction of sp³-hybridized carbons (Fsp3) is 0.273. The zero-order chi connectivity index (χ0) is 9.80. The van der Waals surface area contributed by atoms with Gasteiger partial charge in [-0.25, -0.2) is 4.84 Å². The van der Waals surface area contributed by atoms with E-state index < -0.39 is 0 Å². The average molecular weight is 191 g/mol. The maximum Gasteiger partial charge on any atom is 0.193 e. The summed E-state index contributed by atoms with van der Waals surface area (Å²) in [5.41, 5.74) is 3.87. The standard InChI is InChI=1S/C11H13NO2/c1-13-11-10(7-8-12-14-11)9-5-3-2-4-6-9/h2-8,10-12H,1H3. The van der Waals surface area contributed by atoms with Gasteiger partial charge in [-0.05, 0) is 5.56 Å². The van der Waals surface area contributed by atoms with E-state index in [1.165, 1.54) is 5.56 Å². The SMILES string of the molecule is COC1ONC=CC1c1ccccc1. The largest absolute Gasteiger partial charge is 0.353 e. The third kappa shape index (κ3) is 1.78. The monoisotopic (exact) mass is 191 g/mol. The van der Waals surface area contributed by atoms with E-state index in [4.69, 9.17) is 9.57 Å². The Hall–Kier alpha value is -1.32. The van der Waals surface area contributed by atoms with Crippen molar-refractivity contribution in [3.8, 4) is 0 Å². The number of nitrogens with one attached hydrogen (secondary N) is 1. The van der Waals surface area contributed by atoms with Crippen molar-refractivity contribution in [1.82, 2.24) is 5.48 Å². The van der Waals surface area contributed by atoms with Crippen LogP contribution in [-0.4, -0.2) is 13.4 Å². The van der Waals surface area contributed by atoms with Crippen LogP contribution in [0, 0.1) is 0 Å². The van der Waals surface area contributed by atoms with Crippen molar-refractivity contribution >= 4 is 0 Å². The Bertz CT molecular complexity index is 310. The van der Waals surface area contributed by atoms with E-state index in [-0.39, 0.29) is 12.2 Å². The summed E-state index contributed by atoms with van der Waals surface area (Å²) in [6, 6.07) is 10.2. The number of rotatable bonds is 2. The van der Waals surface area contributed by atoms with Crippen LogP contribution in [0.1, 0.15) is 11.5 Å². The molecule has 0 saturated heterocycles. The molecule has 0 bridgehead atoms. The van der Waals surface area contributed by atoms with Crippen molar-refractivity contribution in [3.63, 3.8) is 0 Å². The molecule has 3 heteroatoms. The van der Waals surface area contributed by atoms with E-state index in [1.54, 1.807) is 13.3 Å². The summed E-state index contributed by atoms with van der Waals surface area (Å²) in [4.78, 5) is 5.24. The van der Waals surface area contributed by atoms with E-state index in [1.807, 2.05) is 24.3 Å². The van der Waals surface area contributed by atoms with Gasteiger partial charge in [0.2, 0.25) is 0 Å². The number of ether oxygens (including phenoxy) is 1. The van der Waals surface area contributed by atoms with Gasteiger partial charge in [0.25, 0.3) is 0 Å². The molecule has 0 aliphatic carbocycles. The summed E-state index contributed by atoms with van der Waals surface area (Å²) in [6.45, 7) is 0. The van der Waals surface area contributed by atoms with Crippen LogP contribution in [0.15, 0.2) is 42.6 Å². The normalized spacial score (nSPS) is 25.8. The molecule has 1 aliphatic heterocycles. The third-order valence-electron chi connectivity index (χ3n) is 2.27. The van der Waals surface area contributed by atoms with Crippen molar-refractivity contribution in [2.24, 2.45) is 0 Å². The summed E-state index contributed by atoms with van der Waals surface area (Å²) in [5.74, 6) is 0.155. The zero-order valence-corrected chi connectivity index (χ0v) is 8.01. The molecule has 2 atom stereocenters. The van der Waals surface area contributed by atoms with Crippen LogP contribution in [0.4, 0.5) is 0 Å². The number of hydrogen-bond donors (Lipinski definition) is 1. The molecule has 0 amide bonds. The molecule has 3 nitrogen and oxygen atoms in total. The smallest absolute Gasteiger partial charge is 0.193 e. The van der Waals surface area contributed by atoms with Gasteiger partial charge in [0, 0.05) is 13.3 Å². The van der Waals surface area contributed by atoms with Crippen molar-refractivity contribution < 1.29 is 9.57 Å². The Balaban J connectivity index is 2.23. The van der Waals surface area contributed by atoms with E-state index in [0.29, 0.717) is 0 Å². The van der Waals surface area contributed by atoms with Crippen LogP contribution >= 0.6 is 0 Å². The molecule has 2 unspecified atom stereocenters. The average Bonchev–Trinajstić information content (AvgIpc) is 2.30. The van der Waals surface area contributed by atoms with E-state index >= 15 is 0 Å². The molecule has 1 aromatic carbocycles. The van der Waals surface area contributed by atoms with Crippen molar-refractivity contribution in [3.05, 3.63) is 48.2 Å². The van der Waals surface area contributed by atoms with Gasteiger partial charge in [-0.3, -0.25) is 5.48 Å². The lowest BCUT2D eigenvalue weighted by atomic mass is 9.98. The predicted octanol–water partition coefficient (Wildman–Crippen LogP) is 1.79. The highest BCUT2D eigenvalue weighted by Gasteiger charge is 2.23. The highest BCUT2D eigenvalue weighted by molar-refractivity contribution is 5.25. The van der Waals surface area contributed by atoms with Crippen molar-refractivity contribution in [2.45, 2.75) is 12.2 Å². The first-order valence-electron chi connectivity index (χ1n) is 4.57. The molecule has 0 spiro atoms. The number of benzene rings is 1. The molecular formula is C11H13NO2. The van der Waals surface area contributed by atoms with E-state index in [0.717, 1.165) is 0 Å². The molecule has 2 rings (SSSR count). The second kappa shape index (κ2) is 4.26. The van der Waals surface area contributed by atoms with Crippen LogP contribution in [0.3, 0.4) is 0 Å². The van der Waals surface area contributed by atoms with Gasteiger partial charge in [0.15, 0.2) is 6.29 Å². The minimum atomic E-state index is -0.262. The molecule has 1 N–H and O–H groups in total. The van der Waals surface area contributed by atoms with Crippen LogP contribution in [0.25, 0.3) is 0 Å². The molecule has 74 valence electrons. The molecule has 14 heavy (non-hydrogen) atoms. The van der Waals surface area contributed by atoms with E-state index in [2.05, 4.69) is 17.6 Å². The van der Waals surface area contributed by atoms with Gasteiger partial charge in [-0.15, -0.1) is 0 Å². The minimum Gasteiger partial charge on any atom is -0.353 e. The Morgan fingerprint density at radius 1 is 1.29 bits per heavy atom. The number of hydroxylamine groups is 1.